The lowest BCUT2D eigenvalue weighted by Gasteiger charge is -2.24. The summed E-state index contributed by atoms with van der Waals surface area (Å²) >= 11 is 0. The number of hydrogen-bond acceptors (Lipinski definition) is 5. The molecule has 20 heavy (non-hydrogen) atoms. The van der Waals surface area contributed by atoms with Crippen LogP contribution in [0.3, 0.4) is 0 Å². The first kappa shape index (κ1) is 14.7. The molecule has 1 saturated heterocycles. The average Bonchev–Trinajstić information content (AvgIpc) is 2.88. The van der Waals surface area contributed by atoms with Gasteiger partial charge in [0.1, 0.15) is 11.6 Å². The third-order valence-electron chi connectivity index (χ3n) is 4.29. The highest BCUT2D eigenvalue weighted by molar-refractivity contribution is 5.58. The van der Waals surface area contributed by atoms with Gasteiger partial charge in [-0.1, -0.05) is 20.8 Å². The number of anilines is 1. The number of nitrogens with two attached hydrogens (primary N) is 1. The van der Waals surface area contributed by atoms with Gasteiger partial charge < -0.3 is 10.6 Å². The monoisotopic (exact) mass is 273 g/mol. The van der Waals surface area contributed by atoms with Gasteiger partial charge in [-0.25, -0.2) is 0 Å². The number of hydrogen-bond donors (Lipinski definition) is 1. The first-order valence-corrected chi connectivity index (χ1v) is 7.32. The van der Waals surface area contributed by atoms with Crippen molar-refractivity contribution in [1.29, 1.82) is 5.26 Å². The quantitative estimate of drug-likeness (QED) is 0.902. The Hall–Kier alpha value is -1.67. The van der Waals surface area contributed by atoms with Crippen LogP contribution in [-0.4, -0.2) is 29.8 Å². The van der Waals surface area contributed by atoms with Crippen molar-refractivity contribution in [2.75, 3.05) is 24.5 Å². The molecular weight excluding hydrogens is 250 g/mol. The largest absolute Gasteiger partial charge is 0.353 e. The van der Waals surface area contributed by atoms with Gasteiger partial charge in [0, 0.05) is 13.1 Å². The summed E-state index contributed by atoms with van der Waals surface area (Å²) in [6.07, 6.45) is 2.66. The molecule has 2 rings (SSSR count). The fraction of sp³-hybridized carbons (Fsp3) is 0.667. The van der Waals surface area contributed by atoms with E-state index in [0.717, 1.165) is 49.4 Å². The van der Waals surface area contributed by atoms with Gasteiger partial charge in [-0.2, -0.15) is 10.4 Å². The molecule has 5 heteroatoms. The minimum absolute atomic E-state index is 0.115. The Morgan fingerprint density at radius 3 is 2.60 bits per heavy atom. The van der Waals surface area contributed by atoms with Crippen molar-refractivity contribution < 1.29 is 0 Å². The maximum Gasteiger partial charge on any atom is 0.169 e. The standard InChI is InChI=1S/C15H23N5/c1-4-11-12(8-16)14(19-18-13(11)5-2)20-7-6-15(3,9-17)10-20/h4-7,9-10,17H2,1-3H3. The molecule has 2 N–H and O–H groups in total. The molecule has 0 bridgehead atoms. The Kier molecular flexibility index (Phi) is 4.24. The van der Waals surface area contributed by atoms with Gasteiger partial charge in [-0.05, 0) is 36.8 Å². The summed E-state index contributed by atoms with van der Waals surface area (Å²) in [7, 11) is 0. The number of aryl methyl sites for hydroxylation is 1. The summed E-state index contributed by atoms with van der Waals surface area (Å²) < 4.78 is 0. The lowest BCUT2D eigenvalue weighted by Crippen LogP contribution is -2.32. The van der Waals surface area contributed by atoms with Crippen LogP contribution >= 0.6 is 0 Å². The van der Waals surface area contributed by atoms with E-state index in [-0.39, 0.29) is 5.41 Å². The number of nitriles is 1. The summed E-state index contributed by atoms with van der Waals surface area (Å²) in [5.74, 6) is 0.735. The molecule has 1 aromatic rings. The summed E-state index contributed by atoms with van der Waals surface area (Å²) in [5, 5.41) is 18.2. The Morgan fingerprint density at radius 1 is 1.35 bits per heavy atom. The average molecular weight is 273 g/mol. The SMILES string of the molecule is CCc1nnc(N2CCC(C)(CN)C2)c(C#N)c1CC. The van der Waals surface area contributed by atoms with Crippen LogP contribution in [-0.2, 0) is 12.8 Å². The van der Waals surface area contributed by atoms with Crippen LogP contribution in [0.25, 0.3) is 0 Å². The van der Waals surface area contributed by atoms with E-state index in [1.807, 2.05) is 6.92 Å². The second kappa shape index (κ2) is 5.76. The third kappa shape index (κ3) is 2.48. The molecule has 0 spiro atoms. The van der Waals surface area contributed by atoms with Crippen molar-refractivity contribution in [3.05, 3.63) is 16.8 Å². The maximum absolute atomic E-state index is 9.53. The van der Waals surface area contributed by atoms with Gasteiger partial charge >= 0.3 is 0 Å². The predicted molar refractivity (Wildman–Crippen MR) is 79.5 cm³/mol. The number of aromatic nitrogens is 2. The fourth-order valence-electron chi connectivity index (χ4n) is 2.87. The highest BCUT2D eigenvalue weighted by atomic mass is 15.3. The van der Waals surface area contributed by atoms with Crippen LogP contribution in [0.5, 0.6) is 0 Å². The van der Waals surface area contributed by atoms with E-state index >= 15 is 0 Å². The second-order valence-corrected chi connectivity index (χ2v) is 5.83. The number of rotatable bonds is 4. The molecule has 2 heterocycles. The lowest BCUT2D eigenvalue weighted by atomic mass is 9.90. The molecule has 0 amide bonds. The summed E-state index contributed by atoms with van der Waals surface area (Å²) in [4.78, 5) is 2.16. The molecule has 0 aromatic carbocycles. The Bertz CT molecular complexity index is 534. The molecule has 1 atom stereocenters. The molecule has 5 nitrogen and oxygen atoms in total. The molecule has 0 radical (unpaired) electrons. The van der Waals surface area contributed by atoms with Crippen molar-refractivity contribution in [3.8, 4) is 6.07 Å². The van der Waals surface area contributed by atoms with Crippen LogP contribution in [0, 0.1) is 16.7 Å². The summed E-state index contributed by atoms with van der Waals surface area (Å²) in [6, 6.07) is 2.34. The van der Waals surface area contributed by atoms with Gasteiger partial charge in [0.15, 0.2) is 5.82 Å². The topological polar surface area (TPSA) is 78.8 Å². The Balaban J connectivity index is 2.41. The molecule has 1 aliphatic rings. The van der Waals surface area contributed by atoms with Gasteiger partial charge in [-0.15, -0.1) is 5.10 Å². The zero-order valence-electron chi connectivity index (χ0n) is 12.6. The van der Waals surface area contributed by atoms with E-state index in [1.54, 1.807) is 0 Å². The molecule has 0 saturated carbocycles. The van der Waals surface area contributed by atoms with Gasteiger partial charge in [0.2, 0.25) is 0 Å². The molecule has 1 aromatic heterocycles. The van der Waals surface area contributed by atoms with Crippen molar-refractivity contribution in [2.24, 2.45) is 11.1 Å². The van der Waals surface area contributed by atoms with Crippen LogP contribution in [0.2, 0.25) is 0 Å². The van der Waals surface area contributed by atoms with E-state index in [1.165, 1.54) is 0 Å². The van der Waals surface area contributed by atoms with Gasteiger partial charge in [0.05, 0.1) is 5.69 Å². The highest BCUT2D eigenvalue weighted by Gasteiger charge is 2.34. The van der Waals surface area contributed by atoms with E-state index in [9.17, 15) is 5.26 Å². The normalized spacial score (nSPS) is 22.1. The molecule has 1 unspecified atom stereocenters. The zero-order chi connectivity index (χ0) is 14.8. The predicted octanol–water partition coefficient (Wildman–Crippen LogP) is 1.65. The van der Waals surface area contributed by atoms with Crippen molar-refractivity contribution in [1.82, 2.24) is 10.2 Å². The molecule has 108 valence electrons. The van der Waals surface area contributed by atoms with Crippen LogP contribution < -0.4 is 10.6 Å². The van der Waals surface area contributed by atoms with Crippen molar-refractivity contribution in [3.63, 3.8) is 0 Å². The van der Waals surface area contributed by atoms with E-state index in [4.69, 9.17) is 5.73 Å². The summed E-state index contributed by atoms with van der Waals surface area (Å²) in [6.45, 7) is 8.70. The second-order valence-electron chi connectivity index (χ2n) is 5.83. The number of nitrogens with zero attached hydrogens (tertiary/aromatic N) is 4. The smallest absolute Gasteiger partial charge is 0.169 e. The van der Waals surface area contributed by atoms with Crippen molar-refractivity contribution >= 4 is 5.82 Å². The molecule has 1 fully saturated rings. The van der Waals surface area contributed by atoms with Crippen molar-refractivity contribution in [2.45, 2.75) is 40.0 Å². The zero-order valence-corrected chi connectivity index (χ0v) is 12.6. The summed E-state index contributed by atoms with van der Waals surface area (Å²) in [5.41, 5.74) is 8.64. The first-order chi connectivity index (χ1) is 9.58. The fourth-order valence-corrected chi connectivity index (χ4v) is 2.87. The first-order valence-electron chi connectivity index (χ1n) is 7.32. The highest BCUT2D eigenvalue weighted by Crippen LogP contribution is 2.33. The Morgan fingerprint density at radius 2 is 2.10 bits per heavy atom. The maximum atomic E-state index is 9.53. The molecule has 1 aliphatic heterocycles. The molecular formula is C15H23N5. The molecule has 0 aliphatic carbocycles. The minimum atomic E-state index is 0.115. The van der Waals surface area contributed by atoms with E-state index < -0.39 is 0 Å². The minimum Gasteiger partial charge on any atom is -0.353 e. The van der Waals surface area contributed by atoms with Crippen LogP contribution in [0.15, 0.2) is 0 Å². The lowest BCUT2D eigenvalue weighted by molar-refractivity contribution is 0.383. The van der Waals surface area contributed by atoms with Gasteiger partial charge in [-0.3, -0.25) is 0 Å². The van der Waals surface area contributed by atoms with Gasteiger partial charge in [0.25, 0.3) is 0 Å². The Labute approximate surface area is 120 Å². The third-order valence-corrected chi connectivity index (χ3v) is 4.29. The van der Waals surface area contributed by atoms with Crippen LogP contribution in [0.4, 0.5) is 5.82 Å². The van der Waals surface area contributed by atoms with E-state index in [0.29, 0.717) is 12.1 Å². The van der Waals surface area contributed by atoms with E-state index in [2.05, 4.69) is 35.0 Å². The van der Waals surface area contributed by atoms with Crippen LogP contribution in [0.1, 0.15) is 44.0 Å².